The molecule has 1 atom stereocenters. The molecule has 1 aliphatic heterocycles. The predicted octanol–water partition coefficient (Wildman–Crippen LogP) is -0.464. The predicted molar refractivity (Wildman–Crippen MR) is 48.3 cm³/mol. The lowest BCUT2D eigenvalue weighted by Gasteiger charge is -2.29. The van der Waals surface area contributed by atoms with E-state index in [2.05, 4.69) is 15.5 Å². The van der Waals surface area contributed by atoms with E-state index >= 15 is 0 Å². The molecule has 0 bridgehead atoms. The van der Waals surface area contributed by atoms with Gasteiger partial charge in [0.1, 0.15) is 0 Å². The number of hydrogen-bond donors (Lipinski definition) is 2. The van der Waals surface area contributed by atoms with E-state index in [1.807, 2.05) is 7.05 Å². The van der Waals surface area contributed by atoms with Crippen LogP contribution >= 0.6 is 0 Å². The first-order valence-electron chi connectivity index (χ1n) is 4.41. The number of amides is 3. The van der Waals surface area contributed by atoms with Gasteiger partial charge in [-0.3, -0.25) is 10.1 Å². The number of hydrogen-bond acceptors (Lipinski definition) is 3. The molecule has 74 valence electrons. The maximum absolute atomic E-state index is 10.9. The van der Waals surface area contributed by atoms with Crippen LogP contribution < -0.4 is 10.6 Å². The van der Waals surface area contributed by atoms with Gasteiger partial charge in [0.05, 0.1) is 0 Å². The molecule has 1 saturated heterocycles. The zero-order chi connectivity index (χ0) is 9.68. The molecule has 1 aliphatic rings. The van der Waals surface area contributed by atoms with Crippen LogP contribution in [0.15, 0.2) is 0 Å². The van der Waals surface area contributed by atoms with Crippen LogP contribution in [0.5, 0.6) is 0 Å². The topological polar surface area (TPSA) is 61.4 Å². The molecule has 0 aromatic heterocycles. The third-order valence-corrected chi connectivity index (χ3v) is 2.15. The average Bonchev–Trinajstić information content (AvgIpc) is 2.04. The fourth-order valence-corrected chi connectivity index (χ4v) is 1.56. The second-order valence-corrected chi connectivity index (χ2v) is 3.34. The highest BCUT2D eigenvalue weighted by molar-refractivity contribution is 5.84. The smallest absolute Gasteiger partial charge is 0.321 e. The number of rotatable bonds is 2. The van der Waals surface area contributed by atoms with Gasteiger partial charge in [-0.2, -0.15) is 0 Å². The largest absolute Gasteiger partial charge is 0.334 e. The lowest BCUT2D eigenvalue weighted by atomic mass is 10.1. The van der Waals surface area contributed by atoms with Crippen molar-refractivity contribution in [2.45, 2.75) is 18.9 Å². The molecule has 0 saturated carbocycles. The van der Waals surface area contributed by atoms with Crippen molar-refractivity contribution in [3.63, 3.8) is 0 Å². The highest BCUT2D eigenvalue weighted by Gasteiger charge is 2.18. The molecule has 5 nitrogen and oxygen atoms in total. The van der Waals surface area contributed by atoms with Gasteiger partial charge in [0.25, 0.3) is 0 Å². The van der Waals surface area contributed by atoms with Gasteiger partial charge in [0.15, 0.2) is 0 Å². The van der Waals surface area contributed by atoms with Crippen LogP contribution in [-0.4, -0.2) is 43.5 Å². The molecule has 2 N–H and O–H groups in total. The lowest BCUT2D eigenvalue weighted by molar-refractivity contribution is -0.108. The van der Waals surface area contributed by atoms with Crippen LogP contribution in [0.25, 0.3) is 0 Å². The summed E-state index contributed by atoms with van der Waals surface area (Å²) in [7, 11) is 2.02. The van der Waals surface area contributed by atoms with Crippen molar-refractivity contribution in [1.29, 1.82) is 0 Å². The van der Waals surface area contributed by atoms with E-state index in [4.69, 9.17) is 0 Å². The summed E-state index contributed by atoms with van der Waals surface area (Å²) < 4.78 is 0. The summed E-state index contributed by atoms with van der Waals surface area (Å²) in [5, 5.41) is 4.79. The van der Waals surface area contributed by atoms with Crippen molar-refractivity contribution in [2.24, 2.45) is 0 Å². The standard InChI is InChI=1S/C8H15N3O2/c1-11-4-2-3-7(5-11)10-8(13)9-6-12/h6-7H,2-5H2,1H3,(H2,9,10,12,13). The van der Waals surface area contributed by atoms with Crippen molar-refractivity contribution < 1.29 is 9.59 Å². The third-order valence-electron chi connectivity index (χ3n) is 2.15. The highest BCUT2D eigenvalue weighted by Crippen LogP contribution is 2.07. The Bertz CT molecular complexity index is 196. The Hall–Kier alpha value is -1.10. The summed E-state index contributed by atoms with van der Waals surface area (Å²) in [6, 6.07) is -0.242. The van der Waals surface area contributed by atoms with Gasteiger partial charge >= 0.3 is 6.03 Å². The van der Waals surface area contributed by atoms with Crippen LogP contribution in [0.3, 0.4) is 0 Å². The molecule has 0 aromatic carbocycles. The molecule has 0 aromatic rings. The molecule has 1 unspecified atom stereocenters. The molecule has 0 spiro atoms. The Morgan fingerprint density at radius 1 is 1.62 bits per heavy atom. The third kappa shape index (κ3) is 3.42. The first-order chi connectivity index (χ1) is 6.22. The molecule has 1 rings (SSSR count). The van der Waals surface area contributed by atoms with Gasteiger partial charge in [-0.25, -0.2) is 4.79 Å². The van der Waals surface area contributed by atoms with Crippen LogP contribution in [0.1, 0.15) is 12.8 Å². The van der Waals surface area contributed by atoms with Gasteiger partial charge in [0, 0.05) is 12.6 Å². The summed E-state index contributed by atoms with van der Waals surface area (Å²) >= 11 is 0. The maximum atomic E-state index is 10.9. The minimum absolute atomic E-state index is 0.165. The van der Waals surface area contributed by atoms with E-state index in [1.165, 1.54) is 0 Å². The van der Waals surface area contributed by atoms with E-state index in [9.17, 15) is 9.59 Å². The first-order valence-corrected chi connectivity index (χ1v) is 4.41. The van der Waals surface area contributed by atoms with Crippen molar-refractivity contribution in [1.82, 2.24) is 15.5 Å². The SMILES string of the molecule is CN1CCCC(NC(=O)NC=O)C1. The van der Waals surface area contributed by atoms with Crippen molar-refractivity contribution in [3.8, 4) is 0 Å². The normalized spacial score (nSPS) is 23.6. The van der Waals surface area contributed by atoms with E-state index in [0.29, 0.717) is 6.41 Å². The monoisotopic (exact) mass is 185 g/mol. The molecule has 0 radical (unpaired) electrons. The first kappa shape index (κ1) is 9.98. The molecule has 1 fully saturated rings. The molecule has 1 heterocycles. The zero-order valence-corrected chi connectivity index (χ0v) is 7.75. The van der Waals surface area contributed by atoms with Crippen molar-refractivity contribution >= 4 is 12.4 Å². The summed E-state index contributed by atoms with van der Waals surface area (Å²) in [5.74, 6) is 0. The van der Waals surface area contributed by atoms with E-state index in [-0.39, 0.29) is 6.04 Å². The van der Waals surface area contributed by atoms with Crippen molar-refractivity contribution in [2.75, 3.05) is 20.1 Å². The van der Waals surface area contributed by atoms with E-state index in [0.717, 1.165) is 25.9 Å². The number of urea groups is 1. The second-order valence-electron chi connectivity index (χ2n) is 3.34. The van der Waals surface area contributed by atoms with Gasteiger partial charge in [-0.1, -0.05) is 0 Å². The molecular weight excluding hydrogens is 170 g/mol. The lowest BCUT2D eigenvalue weighted by Crippen LogP contribution is -2.49. The molecule has 0 aliphatic carbocycles. The Morgan fingerprint density at radius 3 is 3.00 bits per heavy atom. The Labute approximate surface area is 77.5 Å². The van der Waals surface area contributed by atoms with Crippen LogP contribution in [0.4, 0.5) is 4.79 Å². The number of nitrogens with zero attached hydrogens (tertiary/aromatic N) is 1. The quantitative estimate of drug-likeness (QED) is 0.572. The summed E-state index contributed by atoms with van der Waals surface area (Å²) in [4.78, 5) is 23.0. The van der Waals surface area contributed by atoms with Crippen molar-refractivity contribution in [3.05, 3.63) is 0 Å². The fraction of sp³-hybridized carbons (Fsp3) is 0.750. The number of nitrogens with one attached hydrogen (secondary N) is 2. The van der Waals surface area contributed by atoms with Crippen LogP contribution in [-0.2, 0) is 4.79 Å². The number of piperidine rings is 1. The second kappa shape index (κ2) is 4.81. The number of likely N-dealkylation sites (N-methyl/N-ethyl adjacent to an activating group) is 1. The average molecular weight is 185 g/mol. The zero-order valence-electron chi connectivity index (χ0n) is 7.75. The summed E-state index contributed by atoms with van der Waals surface area (Å²) in [5.41, 5.74) is 0. The van der Waals surface area contributed by atoms with Gasteiger partial charge in [-0.05, 0) is 26.4 Å². The number of imide groups is 1. The number of carbonyl (C=O) groups is 2. The molecule has 5 heteroatoms. The summed E-state index contributed by atoms with van der Waals surface area (Å²) in [6.07, 6.45) is 2.46. The van der Waals surface area contributed by atoms with Gasteiger partial charge in [-0.15, -0.1) is 0 Å². The number of likely N-dealkylation sites (tertiary alicyclic amines) is 1. The van der Waals surface area contributed by atoms with Crippen LogP contribution in [0, 0.1) is 0 Å². The Kier molecular flexibility index (Phi) is 3.70. The molecule has 13 heavy (non-hydrogen) atoms. The Morgan fingerprint density at radius 2 is 2.38 bits per heavy atom. The van der Waals surface area contributed by atoms with Gasteiger partial charge in [0.2, 0.25) is 6.41 Å². The molecular formula is C8H15N3O2. The van der Waals surface area contributed by atoms with E-state index < -0.39 is 6.03 Å². The highest BCUT2D eigenvalue weighted by atomic mass is 16.2. The molecule has 3 amide bonds. The minimum atomic E-state index is -0.407. The maximum Gasteiger partial charge on any atom is 0.321 e. The number of carbonyl (C=O) groups excluding carboxylic acids is 2. The Balaban J connectivity index is 2.27. The minimum Gasteiger partial charge on any atom is -0.334 e. The van der Waals surface area contributed by atoms with E-state index in [1.54, 1.807) is 0 Å². The van der Waals surface area contributed by atoms with Crippen LogP contribution in [0.2, 0.25) is 0 Å². The van der Waals surface area contributed by atoms with Gasteiger partial charge < -0.3 is 10.2 Å². The fourth-order valence-electron chi connectivity index (χ4n) is 1.56. The summed E-state index contributed by atoms with van der Waals surface area (Å²) in [6.45, 7) is 1.93.